The Morgan fingerprint density at radius 3 is 1.44 bits per heavy atom. The van der Waals surface area contributed by atoms with E-state index in [0.717, 1.165) is 0 Å². The smallest absolute Gasteiger partial charge is 0.0609 e. The van der Waals surface area contributed by atoms with E-state index >= 15 is 0 Å². The van der Waals surface area contributed by atoms with E-state index in [2.05, 4.69) is 58.4 Å². The van der Waals surface area contributed by atoms with E-state index < -0.39 is 8.07 Å². The number of hydrogen-bond acceptors (Lipinski definition) is 0. The minimum absolute atomic E-state index is 0.601. The van der Waals surface area contributed by atoms with Crippen LogP contribution in [0.4, 0.5) is 0 Å². The summed E-state index contributed by atoms with van der Waals surface area (Å²) in [5.74, 6) is 0. The molecule has 0 aromatic carbocycles. The van der Waals surface area contributed by atoms with Crippen molar-refractivity contribution >= 4 is 39.9 Å². The normalized spacial score (nSPS) is 19.3. The first-order valence-corrected chi connectivity index (χ1v) is 8.54. The van der Waals surface area contributed by atoms with Gasteiger partial charge < -0.3 is 0 Å². The van der Waals surface area contributed by atoms with Crippen molar-refractivity contribution in [1.29, 1.82) is 0 Å². The Labute approximate surface area is 75.7 Å². The van der Waals surface area contributed by atoms with Crippen molar-refractivity contribution in [2.24, 2.45) is 0 Å². The summed E-state index contributed by atoms with van der Waals surface area (Å²) in [6.45, 7) is 9.29. The summed E-state index contributed by atoms with van der Waals surface area (Å²) < 4.78 is 0.685. The van der Waals surface area contributed by atoms with Gasteiger partial charge >= 0.3 is 0 Å². The average Bonchev–Trinajstić information content (AvgIpc) is 1.62. The third kappa shape index (κ3) is 3.78. The maximum Gasteiger partial charge on any atom is 0.0609 e. The van der Waals surface area contributed by atoms with Crippen molar-refractivity contribution < 1.29 is 0 Å². The summed E-state index contributed by atoms with van der Waals surface area (Å²) in [5, 5.41) is 0. The van der Waals surface area contributed by atoms with Crippen LogP contribution in [0.15, 0.2) is 0 Å². The Morgan fingerprint density at radius 1 is 1.11 bits per heavy atom. The highest BCUT2D eigenvalue weighted by Crippen LogP contribution is 2.23. The molecule has 0 saturated carbocycles. The molecule has 0 saturated heterocycles. The Bertz CT molecular complexity index is 85.5. The number of halogens is 2. The number of hydrogen-bond donors (Lipinski definition) is 0. The summed E-state index contributed by atoms with van der Waals surface area (Å²) in [5.41, 5.74) is 0. The van der Waals surface area contributed by atoms with Crippen LogP contribution in [0.2, 0.25) is 19.6 Å². The van der Waals surface area contributed by atoms with Gasteiger partial charge in [0.2, 0.25) is 0 Å². The van der Waals surface area contributed by atoms with Gasteiger partial charge in [-0.05, 0) is 0 Å². The molecule has 0 N–H and O–H groups in total. The first-order chi connectivity index (χ1) is 3.85. The molecule has 0 aliphatic heterocycles. The SMILES string of the molecule is C[C@H](Br)[C@H](Br)[Si](C)(C)C. The number of rotatable bonds is 2. The van der Waals surface area contributed by atoms with E-state index in [4.69, 9.17) is 0 Å². The molecule has 3 heteroatoms. The molecule has 0 aliphatic carbocycles. The van der Waals surface area contributed by atoms with Crippen LogP contribution in [-0.2, 0) is 0 Å². The molecular weight excluding hydrogens is 260 g/mol. The van der Waals surface area contributed by atoms with Gasteiger partial charge in [-0.3, -0.25) is 0 Å². The lowest BCUT2D eigenvalue weighted by Gasteiger charge is -2.25. The zero-order chi connectivity index (χ0) is 7.65. The van der Waals surface area contributed by atoms with Crippen LogP contribution >= 0.6 is 31.9 Å². The highest BCUT2D eigenvalue weighted by atomic mass is 79.9. The van der Waals surface area contributed by atoms with Crippen molar-refractivity contribution in [3.8, 4) is 0 Å². The standard InChI is InChI=1S/C6H14Br2Si/c1-5(7)6(8)9(2,3)4/h5-6H,1-4H3/t5-,6+/m0/s1. The zero-order valence-corrected chi connectivity index (χ0v) is 10.6. The molecule has 0 amide bonds. The van der Waals surface area contributed by atoms with Gasteiger partial charge in [-0.15, -0.1) is 0 Å². The fraction of sp³-hybridized carbons (Fsp3) is 1.00. The van der Waals surface area contributed by atoms with E-state index in [0.29, 0.717) is 9.28 Å². The van der Waals surface area contributed by atoms with Gasteiger partial charge in [0.25, 0.3) is 0 Å². The first kappa shape index (κ1) is 10.2. The van der Waals surface area contributed by atoms with E-state index in [1.54, 1.807) is 0 Å². The maximum absolute atomic E-state index is 3.68. The van der Waals surface area contributed by atoms with Crippen LogP contribution in [0.1, 0.15) is 6.92 Å². The highest BCUT2D eigenvalue weighted by Gasteiger charge is 2.27. The molecule has 0 rings (SSSR count). The van der Waals surface area contributed by atoms with Crippen LogP contribution in [-0.4, -0.2) is 17.4 Å². The molecule has 0 radical (unpaired) electrons. The van der Waals surface area contributed by atoms with E-state index in [1.807, 2.05) is 0 Å². The van der Waals surface area contributed by atoms with Crippen LogP contribution in [0.3, 0.4) is 0 Å². The summed E-state index contributed by atoms with van der Waals surface area (Å²) >= 11 is 7.24. The van der Waals surface area contributed by atoms with Gasteiger partial charge in [-0.1, -0.05) is 58.4 Å². The molecule has 2 atom stereocenters. The van der Waals surface area contributed by atoms with Crippen LogP contribution < -0.4 is 0 Å². The molecule has 0 spiro atoms. The molecule has 0 bridgehead atoms. The van der Waals surface area contributed by atoms with E-state index in [1.165, 1.54) is 0 Å². The minimum atomic E-state index is -0.954. The molecule has 0 aromatic heterocycles. The lowest BCUT2D eigenvalue weighted by Crippen LogP contribution is -2.38. The van der Waals surface area contributed by atoms with Gasteiger partial charge in [-0.25, -0.2) is 0 Å². The van der Waals surface area contributed by atoms with Crippen molar-refractivity contribution in [2.75, 3.05) is 0 Å². The van der Waals surface area contributed by atoms with Gasteiger partial charge in [-0.2, -0.15) is 0 Å². The molecule has 0 nitrogen and oxygen atoms in total. The summed E-state index contributed by atoms with van der Waals surface area (Å²) in [7, 11) is -0.954. The lowest BCUT2D eigenvalue weighted by molar-refractivity contribution is 1.07. The Balaban J connectivity index is 3.88. The second-order valence-corrected chi connectivity index (χ2v) is 12.1. The Hall–Kier alpha value is 1.18. The highest BCUT2D eigenvalue weighted by molar-refractivity contribution is 9.12. The summed E-state index contributed by atoms with van der Waals surface area (Å²) in [6, 6.07) is 0. The van der Waals surface area contributed by atoms with Crippen molar-refractivity contribution in [3.63, 3.8) is 0 Å². The predicted molar refractivity (Wildman–Crippen MR) is 54.5 cm³/mol. The largest absolute Gasteiger partial charge is 0.0913 e. The van der Waals surface area contributed by atoms with Crippen molar-refractivity contribution in [3.05, 3.63) is 0 Å². The van der Waals surface area contributed by atoms with Crippen LogP contribution in [0, 0.1) is 0 Å². The van der Waals surface area contributed by atoms with Crippen LogP contribution in [0.5, 0.6) is 0 Å². The fourth-order valence-electron chi connectivity index (χ4n) is 0.689. The first-order valence-electron chi connectivity index (χ1n) is 3.14. The van der Waals surface area contributed by atoms with E-state index in [-0.39, 0.29) is 0 Å². The average molecular weight is 274 g/mol. The molecule has 9 heavy (non-hydrogen) atoms. The zero-order valence-electron chi connectivity index (χ0n) is 6.41. The second-order valence-electron chi connectivity index (χ2n) is 3.45. The molecule has 0 heterocycles. The number of alkyl halides is 2. The Morgan fingerprint density at radius 2 is 1.44 bits per heavy atom. The third-order valence-corrected chi connectivity index (χ3v) is 10.0. The van der Waals surface area contributed by atoms with Crippen molar-refractivity contribution in [2.45, 2.75) is 35.8 Å². The fourth-order valence-corrected chi connectivity index (χ4v) is 4.45. The topological polar surface area (TPSA) is 0 Å². The van der Waals surface area contributed by atoms with Gasteiger partial charge in [0.15, 0.2) is 0 Å². The van der Waals surface area contributed by atoms with Gasteiger partial charge in [0.1, 0.15) is 0 Å². The minimum Gasteiger partial charge on any atom is -0.0913 e. The molecule has 56 valence electrons. The van der Waals surface area contributed by atoms with E-state index in [9.17, 15) is 0 Å². The summed E-state index contributed by atoms with van der Waals surface area (Å²) in [4.78, 5) is 0.601. The van der Waals surface area contributed by atoms with Gasteiger partial charge in [0.05, 0.1) is 8.07 Å². The summed E-state index contributed by atoms with van der Waals surface area (Å²) in [6.07, 6.45) is 0. The Kier molecular flexibility index (Phi) is 4.00. The molecule has 0 aliphatic rings. The van der Waals surface area contributed by atoms with Crippen molar-refractivity contribution in [1.82, 2.24) is 0 Å². The molecule has 0 unspecified atom stereocenters. The van der Waals surface area contributed by atoms with Crippen LogP contribution in [0.25, 0.3) is 0 Å². The monoisotopic (exact) mass is 272 g/mol. The second kappa shape index (κ2) is 3.53. The maximum atomic E-state index is 3.68. The lowest BCUT2D eigenvalue weighted by atomic mass is 10.6. The third-order valence-electron chi connectivity index (χ3n) is 1.23. The van der Waals surface area contributed by atoms with Gasteiger partial charge in [0, 0.05) is 9.28 Å². The molecule has 0 fully saturated rings. The molecule has 0 aromatic rings. The predicted octanol–water partition coefficient (Wildman–Crippen LogP) is 3.41. The molecular formula is C6H14Br2Si. The quantitative estimate of drug-likeness (QED) is 0.534.